The Bertz CT molecular complexity index is 1510. The van der Waals surface area contributed by atoms with Gasteiger partial charge in [-0.25, -0.2) is 0 Å². The van der Waals surface area contributed by atoms with Gasteiger partial charge in [0.05, 0.1) is 28.9 Å². The van der Waals surface area contributed by atoms with Crippen molar-refractivity contribution in [3.8, 4) is 0 Å². The first-order valence-electron chi connectivity index (χ1n) is 13.9. The van der Waals surface area contributed by atoms with Crippen LogP contribution >= 0.6 is 0 Å². The molecule has 0 saturated heterocycles. The molecule has 4 N–H and O–H groups in total. The van der Waals surface area contributed by atoms with Crippen molar-refractivity contribution in [2.24, 2.45) is 0 Å². The molecule has 44 heavy (non-hydrogen) atoms. The molecule has 4 rings (SSSR count). The Kier molecular flexibility index (Phi) is 9.68. The molecule has 1 unspecified atom stereocenters. The lowest BCUT2D eigenvalue weighted by Crippen LogP contribution is -2.54. The molecule has 0 aliphatic rings. The van der Waals surface area contributed by atoms with Crippen LogP contribution in [0.5, 0.6) is 0 Å². The summed E-state index contributed by atoms with van der Waals surface area (Å²) in [6, 6.07) is 23.4. The van der Waals surface area contributed by atoms with E-state index in [4.69, 9.17) is 4.74 Å². The second-order valence-corrected chi connectivity index (χ2v) is 10.5. The van der Waals surface area contributed by atoms with Crippen LogP contribution in [0.25, 0.3) is 0 Å². The highest BCUT2D eigenvalue weighted by Crippen LogP contribution is 2.57. The fourth-order valence-electron chi connectivity index (χ4n) is 5.10. The number of hydrogen-bond donors (Lipinski definition) is 4. The minimum atomic E-state index is -5.77. The number of alkyl halides is 6. The molecular weight excluding hydrogens is 582 g/mol. The highest BCUT2D eigenvalue weighted by molar-refractivity contribution is 5.78. The van der Waals surface area contributed by atoms with E-state index in [0.29, 0.717) is 17.1 Å². The zero-order valence-electron chi connectivity index (χ0n) is 24.6. The van der Waals surface area contributed by atoms with Crippen molar-refractivity contribution >= 4 is 34.1 Å². The van der Waals surface area contributed by atoms with Crippen LogP contribution in [0, 0.1) is 0 Å². The van der Waals surface area contributed by atoms with E-state index in [1.54, 1.807) is 81.4 Å². The molecule has 0 radical (unpaired) electrons. The van der Waals surface area contributed by atoms with Gasteiger partial charge in [-0.3, -0.25) is 0 Å². The number of halogens is 6. The molecule has 0 fully saturated rings. The molecule has 4 aromatic carbocycles. The first kappa shape index (κ1) is 32.5. The Morgan fingerprint density at radius 2 is 1.00 bits per heavy atom. The van der Waals surface area contributed by atoms with Gasteiger partial charge in [0.1, 0.15) is 6.23 Å². The summed E-state index contributed by atoms with van der Waals surface area (Å²) in [5.74, 6) is 0. The Hall–Kier alpha value is -4.38. The summed E-state index contributed by atoms with van der Waals surface area (Å²) in [6.07, 6.45) is -12.5. The first-order valence-corrected chi connectivity index (χ1v) is 13.9. The van der Waals surface area contributed by atoms with Gasteiger partial charge in [-0.15, -0.1) is 0 Å². The van der Waals surface area contributed by atoms with Gasteiger partial charge in [0, 0.05) is 18.4 Å². The number of nitrogens with one attached hydrogen (secondary N) is 4. The van der Waals surface area contributed by atoms with Crippen molar-refractivity contribution < 1.29 is 31.1 Å². The lowest BCUT2D eigenvalue weighted by Gasteiger charge is -2.39. The predicted octanol–water partition coefficient (Wildman–Crippen LogP) is 9.81. The van der Waals surface area contributed by atoms with Crippen molar-refractivity contribution in [2.75, 3.05) is 28.3 Å². The SMILES string of the molecule is CNc1cc(C(c2ccc(Nc3ccccc3)c(NC(C)OC(C)C)c2)(C(F)(F)F)C(F)(F)F)ccc1Nc1ccccc1. The van der Waals surface area contributed by atoms with Crippen molar-refractivity contribution in [3.05, 3.63) is 108 Å². The number of ether oxygens (including phenoxy) is 1. The van der Waals surface area contributed by atoms with Gasteiger partial charge in [0.25, 0.3) is 0 Å². The number of rotatable bonds is 11. The fourth-order valence-corrected chi connectivity index (χ4v) is 5.10. The van der Waals surface area contributed by atoms with Gasteiger partial charge in [-0.2, -0.15) is 26.3 Å². The maximum Gasteiger partial charge on any atom is 0.411 e. The van der Waals surface area contributed by atoms with Crippen molar-refractivity contribution in [1.29, 1.82) is 0 Å². The standard InChI is InChI=1S/C33H34F6N4O/c1-21(2)44-22(3)41-30-20-24(16-18-28(30)43-26-13-9-6-10-14-26)31(32(34,35)36,33(37,38)39)23-15-17-27(29(19-23)40-4)42-25-11-7-5-8-12-25/h5-22,40-43H,1-4H3. The summed E-state index contributed by atoms with van der Waals surface area (Å²) in [5, 5.41) is 11.8. The van der Waals surface area contributed by atoms with Crippen LogP contribution in [0.3, 0.4) is 0 Å². The van der Waals surface area contributed by atoms with E-state index in [2.05, 4.69) is 21.3 Å². The highest BCUT2D eigenvalue weighted by Gasteiger charge is 2.72. The van der Waals surface area contributed by atoms with E-state index in [9.17, 15) is 0 Å². The fraction of sp³-hybridized carbons (Fsp3) is 0.273. The number of benzene rings is 4. The zero-order chi connectivity index (χ0) is 32.1. The van der Waals surface area contributed by atoms with Crippen LogP contribution in [0.2, 0.25) is 0 Å². The molecule has 0 bridgehead atoms. The molecule has 1 atom stereocenters. The van der Waals surface area contributed by atoms with Gasteiger partial charge in [-0.05, 0) is 80.4 Å². The monoisotopic (exact) mass is 616 g/mol. The van der Waals surface area contributed by atoms with Crippen molar-refractivity contribution in [3.63, 3.8) is 0 Å². The van der Waals surface area contributed by atoms with E-state index >= 15 is 26.3 Å². The van der Waals surface area contributed by atoms with E-state index < -0.39 is 35.1 Å². The first-order chi connectivity index (χ1) is 20.8. The molecule has 0 aliphatic carbocycles. The van der Waals surface area contributed by atoms with Gasteiger partial charge < -0.3 is 26.0 Å². The lowest BCUT2D eigenvalue weighted by atomic mass is 9.72. The molecule has 0 heterocycles. The third kappa shape index (κ3) is 6.88. The smallest absolute Gasteiger partial charge is 0.386 e. The Balaban J connectivity index is 1.91. The summed E-state index contributed by atoms with van der Waals surface area (Å²) in [7, 11) is 1.43. The van der Waals surface area contributed by atoms with Crippen molar-refractivity contribution in [2.45, 2.75) is 50.9 Å². The molecule has 0 amide bonds. The summed E-state index contributed by atoms with van der Waals surface area (Å²) in [6.45, 7) is 5.16. The summed E-state index contributed by atoms with van der Waals surface area (Å²) in [5.41, 5.74) is -4.48. The third-order valence-corrected chi connectivity index (χ3v) is 6.97. The minimum Gasteiger partial charge on any atom is -0.386 e. The van der Waals surface area contributed by atoms with E-state index in [1.165, 1.54) is 19.2 Å². The third-order valence-electron chi connectivity index (χ3n) is 6.97. The normalized spacial score (nSPS) is 13.0. The second-order valence-electron chi connectivity index (χ2n) is 10.5. The van der Waals surface area contributed by atoms with Crippen LogP contribution in [0.4, 0.5) is 60.5 Å². The van der Waals surface area contributed by atoms with Crippen LogP contribution < -0.4 is 21.3 Å². The molecule has 4 aromatic rings. The predicted molar refractivity (Wildman–Crippen MR) is 164 cm³/mol. The van der Waals surface area contributed by atoms with Crippen LogP contribution in [-0.2, 0) is 10.2 Å². The average molecular weight is 617 g/mol. The van der Waals surface area contributed by atoms with Gasteiger partial charge in [-0.1, -0.05) is 48.5 Å². The van der Waals surface area contributed by atoms with Gasteiger partial charge in [0.15, 0.2) is 0 Å². The zero-order valence-corrected chi connectivity index (χ0v) is 24.6. The molecule has 0 saturated carbocycles. The quantitative estimate of drug-likeness (QED) is 0.0999. The molecule has 5 nitrogen and oxygen atoms in total. The molecule has 11 heteroatoms. The van der Waals surface area contributed by atoms with Crippen LogP contribution in [-0.4, -0.2) is 31.7 Å². The maximum atomic E-state index is 15.1. The Morgan fingerprint density at radius 3 is 1.41 bits per heavy atom. The van der Waals surface area contributed by atoms with Gasteiger partial charge in [0.2, 0.25) is 5.41 Å². The van der Waals surface area contributed by atoms with Crippen LogP contribution in [0.1, 0.15) is 31.9 Å². The summed E-state index contributed by atoms with van der Waals surface area (Å²) in [4.78, 5) is 0. The van der Waals surface area contributed by atoms with E-state index in [0.717, 1.165) is 24.3 Å². The van der Waals surface area contributed by atoms with Crippen molar-refractivity contribution in [1.82, 2.24) is 0 Å². The topological polar surface area (TPSA) is 57.3 Å². The Labute approximate surface area is 252 Å². The number of hydrogen-bond acceptors (Lipinski definition) is 5. The number of para-hydroxylation sites is 2. The van der Waals surface area contributed by atoms with Gasteiger partial charge >= 0.3 is 12.4 Å². The van der Waals surface area contributed by atoms with E-state index in [1.807, 2.05) is 0 Å². The lowest BCUT2D eigenvalue weighted by molar-refractivity contribution is -0.288. The van der Waals surface area contributed by atoms with E-state index in [-0.39, 0.29) is 23.2 Å². The summed E-state index contributed by atoms with van der Waals surface area (Å²) >= 11 is 0. The maximum absolute atomic E-state index is 15.1. The Morgan fingerprint density at radius 1 is 0.568 bits per heavy atom. The largest absolute Gasteiger partial charge is 0.411 e. The number of anilines is 6. The minimum absolute atomic E-state index is 0.00795. The summed E-state index contributed by atoms with van der Waals surface area (Å²) < 4.78 is 96.4. The molecule has 0 aliphatic heterocycles. The molecule has 234 valence electrons. The molecule has 0 spiro atoms. The highest BCUT2D eigenvalue weighted by atomic mass is 19.4. The van der Waals surface area contributed by atoms with Crippen LogP contribution in [0.15, 0.2) is 97.1 Å². The average Bonchev–Trinajstić information content (AvgIpc) is 2.94. The second kappa shape index (κ2) is 13.1. The molecule has 0 aromatic heterocycles. The molecular formula is C33H34F6N4O.